The van der Waals surface area contributed by atoms with Gasteiger partial charge in [-0.3, -0.25) is 14.0 Å². The molecule has 1 aromatic heterocycles. The molecule has 0 saturated carbocycles. The molecule has 5 nitrogen and oxygen atoms in total. The Labute approximate surface area is 157 Å². The highest BCUT2D eigenvalue weighted by molar-refractivity contribution is 5.76. The van der Waals surface area contributed by atoms with Gasteiger partial charge in [0.15, 0.2) is 0 Å². The van der Waals surface area contributed by atoms with Crippen LogP contribution >= 0.6 is 0 Å². The molecular formula is C21H24FN3O2. The third-order valence-corrected chi connectivity index (χ3v) is 5.39. The Morgan fingerprint density at radius 2 is 1.67 bits per heavy atom. The standard InChI is InChI=1S/C21H24FN3O2/c1-23-19-8-3-15(13-20(19)24(2)21(23)26)14-25-11-9-18(10-12-25)27-17-6-4-16(22)5-7-17/h3-8,13,18H,9-12,14H2,1-2H3. The number of halogens is 1. The first kappa shape index (κ1) is 17.8. The highest BCUT2D eigenvalue weighted by Gasteiger charge is 2.21. The lowest BCUT2D eigenvalue weighted by molar-refractivity contribution is 0.0967. The fourth-order valence-corrected chi connectivity index (χ4v) is 3.80. The first-order chi connectivity index (χ1) is 13.0. The number of fused-ring (bicyclic) bond motifs is 1. The Balaban J connectivity index is 1.37. The van der Waals surface area contributed by atoms with Crippen LogP contribution in [0.3, 0.4) is 0 Å². The van der Waals surface area contributed by atoms with Crippen LogP contribution in [0.15, 0.2) is 47.3 Å². The predicted molar refractivity (Wildman–Crippen MR) is 103 cm³/mol. The molecule has 6 heteroatoms. The summed E-state index contributed by atoms with van der Waals surface area (Å²) < 4.78 is 22.3. The first-order valence-corrected chi connectivity index (χ1v) is 9.30. The van der Waals surface area contributed by atoms with Gasteiger partial charge in [0.05, 0.1) is 11.0 Å². The van der Waals surface area contributed by atoms with Crippen molar-refractivity contribution in [2.75, 3.05) is 13.1 Å². The van der Waals surface area contributed by atoms with E-state index < -0.39 is 0 Å². The van der Waals surface area contributed by atoms with E-state index in [1.165, 1.54) is 17.7 Å². The van der Waals surface area contributed by atoms with Crippen molar-refractivity contribution in [2.45, 2.75) is 25.5 Å². The number of aromatic nitrogens is 2. The van der Waals surface area contributed by atoms with Crippen LogP contribution < -0.4 is 10.4 Å². The number of benzene rings is 2. The number of aryl methyl sites for hydroxylation is 2. The number of rotatable bonds is 4. The second kappa shape index (κ2) is 7.19. The van der Waals surface area contributed by atoms with E-state index in [1.54, 1.807) is 28.3 Å². The molecule has 0 amide bonds. The Bertz CT molecular complexity index is 999. The van der Waals surface area contributed by atoms with E-state index in [0.29, 0.717) is 0 Å². The summed E-state index contributed by atoms with van der Waals surface area (Å²) >= 11 is 0. The van der Waals surface area contributed by atoms with Gasteiger partial charge in [0, 0.05) is 33.7 Å². The SMILES string of the molecule is Cn1c(=O)n(C)c2cc(CN3CCC(Oc4ccc(F)cc4)CC3)ccc21. The Morgan fingerprint density at radius 1 is 1.00 bits per heavy atom. The second-order valence-corrected chi connectivity index (χ2v) is 7.27. The fourth-order valence-electron chi connectivity index (χ4n) is 3.80. The molecule has 0 atom stereocenters. The minimum Gasteiger partial charge on any atom is -0.490 e. The molecule has 0 spiro atoms. The van der Waals surface area contributed by atoms with Crippen molar-refractivity contribution in [1.29, 1.82) is 0 Å². The quantitative estimate of drug-likeness (QED) is 0.710. The molecule has 1 aliphatic rings. The minimum absolute atomic E-state index is 0.000839. The zero-order valence-electron chi connectivity index (χ0n) is 15.7. The lowest BCUT2D eigenvalue weighted by atomic mass is 10.1. The maximum absolute atomic E-state index is 13.0. The Kier molecular flexibility index (Phi) is 4.74. The van der Waals surface area contributed by atoms with Crippen molar-refractivity contribution in [3.63, 3.8) is 0 Å². The van der Waals surface area contributed by atoms with E-state index in [4.69, 9.17) is 4.74 Å². The number of hydrogen-bond donors (Lipinski definition) is 0. The number of nitrogens with zero attached hydrogens (tertiary/aromatic N) is 3. The van der Waals surface area contributed by atoms with E-state index in [9.17, 15) is 9.18 Å². The van der Waals surface area contributed by atoms with E-state index in [-0.39, 0.29) is 17.6 Å². The summed E-state index contributed by atoms with van der Waals surface area (Å²) in [6, 6.07) is 12.5. The molecule has 3 aromatic rings. The predicted octanol–water partition coefficient (Wildman–Crippen LogP) is 3.06. The third-order valence-electron chi connectivity index (χ3n) is 5.39. The molecule has 27 heavy (non-hydrogen) atoms. The average molecular weight is 369 g/mol. The van der Waals surface area contributed by atoms with Gasteiger partial charge in [0.2, 0.25) is 0 Å². The van der Waals surface area contributed by atoms with E-state index in [1.807, 2.05) is 13.1 Å². The topological polar surface area (TPSA) is 39.4 Å². The average Bonchev–Trinajstić information content (AvgIpc) is 2.89. The third kappa shape index (κ3) is 3.62. The van der Waals surface area contributed by atoms with Gasteiger partial charge in [-0.05, 0) is 54.8 Å². The highest BCUT2D eigenvalue weighted by Crippen LogP contribution is 2.21. The highest BCUT2D eigenvalue weighted by atomic mass is 19.1. The smallest absolute Gasteiger partial charge is 0.328 e. The molecule has 0 aliphatic carbocycles. The summed E-state index contributed by atoms with van der Waals surface area (Å²) in [5.41, 5.74) is 3.13. The summed E-state index contributed by atoms with van der Waals surface area (Å²) in [6.07, 6.45) is 2.07. The van der Waals surface area contributed by atoms with Gasteiger partial charge >= 0.3 is 5.69 Å². The Morgan fingerprint density at radius 3 is 2.37 bits per heavy atom. The molecule has 1 aliphatic heterocycles. The second-order valence-electron chi connectivity index (χ2n) is 7.27. The maximum atomic E-state index is 13.0. The van der Waals surface area contributed by atoms with Crippen LogP contribution in [0.4, 0.5) is 4.39 Å². The summed E-state index contributed by atoms with van der Waals surface area (Å²) in [4.78, 5) is 14.5. The summed E-state index contributed by atoms with van der Waals surface area (Å²) in [5, 5.41) is 0. The molecule has 4 rings (SSSR count). The summed E-state index contributed by atoms with van der Waals surface area (Å²) in [6.45, 7) is 2.78. The van der Waals surface area contributed by atoms with Gasteiger partial charge in [-0.2, -0.15) is 0 Å². The van der Waals surface area contributed by atoms with Crippen molar-refractivity contribution in [2.24, 2.45) is 14.1 Å². The number of hydrogen-bond acceptors (Lipinski definition) is 3. The summed E-state index contributed by atoms with van der Waals surface area (Å²) in [7, 11) is 3.61. The van der Waals surface area contributed by atoms with Crippen LogP contribution in [0.25, 0.3) is 11.0 Å². The number of imidazole rings is 1. The zero-order chi connectivity index (χ0) is 19.0. The van der Waals surface area contributed by atoms with Gasteiger partial charge < -0.3 is 4.74 Å². The van der Waals surface area contributed by atoms with E-state index in [2.05, 4.69) is 17.0 Å². The lowest BCUT2D eigenvalue weighted by Crippen LogP contribution is -2.37. The zero-order valence-corrected chi connectivity index (χ0v) is 15.7. The van der Waals surface area contributed by atoms with Crippen LogP contribution in [0.5, 0.6) is 5.75 Å². The fraction of sp³-hybridized carbons (Fsp3) is 0.381. The molecule has 0 radical (unpaired) electrons. The largest absolute Gasteiger partial charge is 0.490 e. The van der Waals surface area contributed by atoms with Gasteiger partial charge in [0.25, 0.3) is 0 Å². The number of ether oxygens (including phenoxy) is 1. The van der Waals surface area contributed by atoms with Crippen LogP contribution in [-0.4, -0.2) is 33.2 Å². The van der Waals surface area contributed by atoms with Crippen molar-refractivity contribution in [1.82, 2.24) is 14.0 Å². The van der Waals surface area contributed by atoms with E-state index in [0.717, 1.165) is 49.3 Å². The molecule has 142 valence electrons. The van der Waals surface area contributed by atoms with Crippen molar-refractivity contribution < 1.29 is 9.13 Å². The van der Waals surface area contributed by atoms with Gasteiger partial charge in [-0.1, -0.05) is 6.07 Å². The molecule has 0 N–H and O–H groups in total. The maximum Gasteiger partial charge on any atom is 0.328 e. The van der Waals surface area contributed by atoms with Crippen molar-refractivity contribution >= 4 is 11.0 Å². The van der Waals surface area contributed by atoms with Crippen LogP contribution in [0.2, 0.25) is 0 Å². The normalized spacial score (nSPS) is 16.1. The van der Waals surface area contributed by atoms with Crippen molar-refractivity contribution in [3.8, 4) is 5.75 Å². The first-order valence-electron chi connectivity index (χ1n) is 9.30. The minimum atomic E-state index is -0.245. The Hall–Kier alpha value is -2.60. The molecule has 1 saturated heterocycles. The van der Waals surface area contributed by atoms with E-state index >= 15 is 0 Å². The van der Waals surface area contributed by atoms with Gasteiger partial charge in [0.1, 0.15) is 17.7 Å². The lowest BCUT2D eigenvalue weighted by Gasteiger charge is -2.32. The molecular weight excluding hydrogens is 345 g/mol. The van der Waals surface area contributed by atoms with Crippen molar-refractivity contribution in [3.05, 3.63) is 64.3 Å². The molecule has 0 unspecified atom stereocenters. The number of piperidine rings is 1. The molecule has 2 heterocycles. The summed E-state index contributed by atoms with van der Waals surface area (Å²) in [5.74, 6) is 0.482. The van der Waals surface area contributed by atoms with Crippen LogP contribution in [-0.2, 0) is 20.6 Å². The monoisotopic (exact) mass is 369 g/mol. The molecule has 1 fully saturated rings. The van der Waals surface area contributed by atoms with Gasteiger partial charge in [-0.15, -0.1) is 0 Å². The van der Waals surface area contributed by atoms with Crippen LogP contribution in [0, 0.1) is 5.82 Å². The van der Waals surface area contributed by atoms with Gasteiger partial charge in [-0.25, -0.2) is 9.18 Å². The van der Waals surface area contributed by atoms with Crippen LogP contribution in [0.1, 0.15) is 18.4 Å². The molecule has 0 bridgehead atoms. The number of likely N-dealkylation sites (tertiary alicyclic amines) is 1. The molecule has 2 aromatic carbocycles.